The lowest BCUT2D eigenvalue weighted by Crippen LogP contribution is -2.48. The monoisotopic (exact) mass is 435 g/mol. The van der Waals surface area contributed by atoms with Crippen molar-refractivity contribution in [3.05, 3.63) is 89.7 Å². The fraction of sp³-hybridized carbons (Fsp3) is 0.208. The maximum Gasteiger partial charge on any atom is 0.246 e. The summed E-state index contributed by atoms with van der Waals surface area (Å²) < 4.78 is 40.8. The van der Waals surface area contributed by atoms with Gasteiger partial charge in [-0.15, -0.1) is 0 Å². The van der Waals surface area contributed by atoms with Gasteiger partial charge in [-0.3, -0.25) is 4.90 Å². The molecular weight excluding hydrogens is 413 g/mol. The van der Waals surface area contributed by atoms with Gasteiger partial charge >= 0.3 is 0 Å². The normalized spacial score (nSPS) is 15.5. The van der Waals surface area contributed by atoms with Crippen LogP contribution in [0.15, 0.2) is 77.7 Å². The van der Waals surface area contributed by atoms with Crippen LogP contribution in [0.4, 0.5) is 4.39 Å². The van der Waals surface area contributed by atoms with Crippen LogP contribution in [0.25, 0.3) is 11.1 Å². The van der Waals surface area contributed by atoms with Crippen LogP contribution in [0, 0.1) is 17.1 Å². The first-order valence-corrected chi connectivity index (χ1v) is 11.5. The van der Waals surface area contributed by atoms with E-state index in [9.17, 15) is 18.1 Å². The zero-order valence-corrected chi connectivity index (χ0v) is 17.7. The van der Waals surface area contributed by atoms with E-state index in [0.717, 1.165) is 16.7 Å². The molecule has 0 spiro atoms. The second-order valence-corrected chi connectivity index (χ2v) is 9.37. The van der Waals surface area contributed by atoms with Gasteiger partial charge in [0.1, 0.15) is 10.7 Å². The summed E-state index contributed by atoms with van der Waals surface area (Å²) in [5.41, 5.74) is 3.65. The van der Waals surface area contributed by atoms with Crippen molar-refractivity contribution in [2.45, 2.75) is 11.4 Å². The van der Waals surface area contributed by atoms with Gasteiger partial charge in [0.05, 0.1) is 11.6 Å². The minimum Gasteiger partial charge on any atom is -0.296 e. The van der Waals surface area contributed by atoms with Gasteiger partial charge in [0, 0.05) is 32.7 Å². The lowest BCUT2D eigenvalue weighted by Gasteiger charge is -2.34. The highest BCUT2D eigenvalue weighted by molar-refractivity contribution is 7.89. The molecule has 7 heteroatoms. The average molecular weight is 436 g/mol. The number of piperazine rings is 1. The molecule has 31 heavy (non-hydrogen) atoms. The Kier molecular flexibility index (Phi) is 6.14. The van der Waals surface area contributed by atoms with Crippen LogP contribution in [0.2, 0.25) is 0 Å². The van der Waals surface area contributed by atoms with Crippen molar-refractivity contribution >= 4 is 10.0 Å². The molecule has 0 bridgehead atoms. The second kappa shape index (κ2) is 8.98. The molecule has 3 aromatic rings. The number of hydrogen-bond acceptors (Lipinski definition) is 4. The predicted molar refractivity (Wildman–Crippen MR) is 117 cm³/mol. The lowest BCUT2D eigenvalue weighted by atomic mass is 9.99. The fourth-order valence-electron chi connectivity index (χ4n) is 3.80. The van der Waals surface area contributed by atoms with Crippen LogP contribution in [0.5, 0.6) is 0 Å². The molecule has 5 nitrogen and oxygen atoms in total. The van der Waals surface area contributed by atoms with Gasteiger partial charge in [-0.2, -0.15) is 9.57 Å². The Labute approximate surface area is 182 Å². The van der Waals surface area contributed by atoms with E-state index < -0.39 is 15.8 Å². The summed E-state index contributed by atoms with van der Waals surface area (Å²) in [6, 6.07) is 23.3. The first-order chi connectivity index (χ1) is 15.0. The molecule has 1 fully saturated rings. The van der Waals surface area contributed by atoms with Crippen LogP contribution in [0.1, 0.15) is 11.1 Å². The molecule has 0 aliphatic carbocycles. The van der Waals surface area contributed by atoms with E-state index in [4.69, 9.17) is 0 Å². The highest BCUT2D eigenvalue weighted by Gasteiger charge is 2.30. The standard InChI is InChI=1S/C24H22FN3O2S/c25-23-7-3-4-8-24(23)31(29,30)28-15-13-27(14-16-28)18-19-9-11-20(12-10-19)22-6-2-1-5-21(22)17-26/h1-12H,13-16,18H2. The molecule has 4 rings (SSSR count). The Morgan fingerprint density at radius 1 is 0.871 bits per heavy atom. The molecular formula is C24H22FN3O2S. The van der Waals surface area contributed by atoms with Gasteiger partial charge in [-0.05, 0) is 34.9 Å². The maximum absolute atomic E-state index is 14.0. The second-order valence-electron chi connectivity index (χ2n) is 7.46. The highest BCUT2D eigenvalue weighted by atomic mass is 32.2. The molecule has 1 saturated heterocycles. The van der Waals surface area contributed by atoms with E-state index in [1.165, 1.54) is 28.6 Å². The van der Waals surface area contributed by atoms with Crippen molar-refractivity contribution in [2.24, 2.45) is 0 Å². The van der Waals surface area contributed by atoms with Crippen molar-refractivity contribution in [1.29, 1.82) is 5.26 Å². The van der Waals surface area contributed by atoms with Crippen molar-refractivity contribution in [3.63, 3.8) is 0 Å². The molecule has 158 valence electrons. The van der Waals surface area contributed by atoms with Gasteiger partial charge in [-0.25, -0.2) is 12.8 Å². The molecule has 0 amide bonds. The molecule has 1 aliphatic heterocycles. The summed E-state index contributed by atoms with van der Waals surface area (Å²) in [6.45, 7) is 2.50. The predicted octanol–water partition coefficient (Wildman–Crippen LogP) is 3.87. The van der Waals surface area contributed by atoms with Crippen molar-refractivity contribution in [2.75, 3.05) is 26.2 Å². The van der Waals surface area contributed by atoms with Crippen LogP contribution in [-0.2, 0) is 16.6 Å². The molecule has 1 heterocycles. The summed E-state index contributed by atoms with van der Waals surface area (Å²) in [4.78, 5) is 1.92. The van der Waals surface area contributed by atoms with Gasteiger partial charge in [0.15, 0.2) is 0 Å². The molecule has 0 N–H and O–H groups in total. The van der Waals surface area contributed by atoms with E-state index in [0.29, 0.717) is 38.3 Å². The summed E-state index contributed by atoms with van der Waals surface area (Å²) in [7, 11) is -3.83. The third-order valence-corrected chi connectivity index (χ3v) is 7.44. The van der Waals surface area contributed by atoms with Gasteiger partial charge in [0.2, 0.25) is 10.0 Å². The topological polar surface area (TPSA) is 64.4 Å². The lowest BCUT2D eigenvalue weighted by molar-refractivity contribution is 0.181. The zero-order valence-electron chi connectivity index (χ0n) is 16.9. The van der Waals surface area contributed by atoms with Gasteiger partial charge < -0.3 is 0 Å². The summed E-state index contributed by atoms with van der Waals surface area (Å²) in [5, 5.41) is 9.29. The van der Waals surface area contributed by atoms with Crippen LogP contribution >= 0.6 is 0 Å². The number of sulfonamides is 1. The first-order valence-electron chi connectivity index (χ1n) is 10.0. The van der Waals surface area contributed by atoms with Crippen molar-refractivity contribution < 1.29 is 12.8 Å². The number of halogens is 1. The third-order valence-electron chi connectivity index (χ3n) is 5.50. The SMILES string of the molecule is N#Cc1ccccc1-c1ccc(CN2CCN(S(=O)(=O)c3ccccc3F)CC2)cc1. The highest BCUT2D eigenvalue weighted by Crippen LogP contribution is 2.24. The Hall–Kier alpha value is -3.05. The molecule has 0 radical (unpaired) electrons. The summed E-state index contributed by atoms with van der Waals surface area (Å²) in [6.07, 6.45) is 0. The Bertz CT molecular complexity index is 1210. The summed E-state index contributed by atoms with van der Waals surface area (Å²) in [5.74, 6) is -0.719. The number of rotatable bonds is 5. The minimum absolute atomic E-state index is 0.267. The summed E-state index contributed by atoms with van der Waals surface area (Å²) >= 11 is 0. The van der Waals surface area contributed by atoms with E-state index in [2.05, 4.69) is 11.0 Å². The van der Waals surface area contributed by atoms with E-state index >= 15 is 0 Å². The average Bonchev–Trinajstić information content (AvgIpc) is 2.80. The number of benzene rings is 3. The Morgan fingerprint density at radius 3 is 2.19 bits per heavy atom. The van der Waals surface area contributed by atoms with E-state index in [-0.39, 0.29) is 4.90 Å². The third kappa shape index (κ3) is 4.52. The van der Waals surface area contributed by atoms with E-state index in [1.54, 1.807) is 6.07 Å². The quantitative estimate of drug-likeness (QED) is 0.610. The van der Waals surface area contributed by atoms with Crippen molar-refractivity contribution in [1.82, 2.24) is 9.21 Å². The van der Waals surface area contributed by atoms with Crippen LogP contribution < -0.4 is 0 Å². The number of hydrogen-bond donors (Lipinski definition) is 0. The van der Waals surface area contributed by atoms with Crippen LogP contribution in [0.3, 0.4) is 0 Å². The molecule has 0 unspecified atom stereocenters. The Morgan fingerprint density at radius 2 is 1.52 bits per heavy atom. The van der Waals surface area contributed by atoms with Gasteiger partial charge in [-0.1, -0.05) is 54.6 Å². The van der Waals surface area contributed by atoms with Crippen LogP contribution in [-0.4, -0.2) is 43.8 Å². The van der Waals surface area contributed by atoms with Gasteiger partial charge in [0.25, 0.3) is 0 Å². The number of nitriles is 1. The molecule has 0 saturated carbocycles. The molecule has 1 aliphatic rings. The largest absolute Gasteiger partial charge is 0.296 e. The first kappa shape index (κ1) is 21.2. The molecule has 0 aromatic heterocycles. The number of nitrogens with zero attached hydrogens (tertiary/aromatic N) is 3. The smallest absolute Gasteiger partial charge is 0.246 e. The molecule has 0 atom stereocenters. The van der Waals surface area contributed by atoms with E-state index in [1.807, 2.05) is 42.5 Å². The van der Waals surface area contributed by atoms with Crippen molar-refractivity contribution in [3.8, 4) is 17.2 Å². The Balaban J connectivity index is 1.39. The molecule has 3 aromatic carbocycles. The fourth-order valence-corrected chi connectivity index (χ4v) is 5.29. The minimum atomic E-state index is -3.83. The zero-order chi connectivity index (χ0) is 21.8. The maximum atomic E-state index is 14.0.